The quantitative estimate of drug-likeness (QED) is 0.911. The van der Waals surface area contributed by atoms with Crippen LogP contribution in [0.3, 0.4) is 0 Å². The fourth-order valence-corrected chi connectivity index (χ4v) is 4.09. The van der Waals surface area contributed by atoms with Crippen LogP contribution in [0.4, 0.5) is 10.1 Å². The molecular formula is C12H13FN2O2S2. The van der Waals surface area contributed by atoms with Crippen molar-refractivity contribution in [3.63, 3.8) is 0 Å². The van der Waals surface area contributed by atoms with Crippen molar-refractivity contribution in [2.45, 2.75) is 18.4 Å². The number of thiophene rings is 1. The largest absolute Gasteiger partial charge is 0.326 e. The van der Waals surface area contributed by atoms with Crippen LogP contribution in [0.5, 0.6) is 0 Å². The Bertz CT molecular complexity index is 696. The van der Waals surface area contributed by atoms with Gasteiger partial charge in [0.2, 0.25) is 0 Å². The van der Waals surface area contributed by atoms with E-state index in [1.165, 1.54) is 42.5 Å². The molecule has 0 aliphatic heterocycles. The van der Waals surface area contributed by atoms with Crippen LogP contribution in [0, 0.1) is 12.7 Å². The van der Waals surface area contributed by atoms with Crippen molar-refractivity contribution in [3.05, 3.63) is 45.9 Å². The van der Waals surface area contributed by atoms with Gasteiger partial charge in [0.05, 0.1) is 5.69 Å². The average molecular weight is 300 g/mol. The highest BCUT2D eigenvalue weighted by atomic mass is 32.2. The minimum atomic E-state index is -3.74. The summed E-state index contributed by atoms with van der Waals surface area (Å²) in [6.07, 6.45) is 0. The molecule has 4 nitrogen and oxygen atoms in total. The van der Waals surface area contributed by atoms with Gasteiger partial charge >= 0.3 is 0 Å². The standard InChI is InChI=1S/C12H13FN2O2S2/c1-8-9(13)3-2-4-10(8)15-19(16,17)12-5-6-18-11(12)7-14/h2-6,15H,7,14H2,1H3. The number of nitrogens with one attached hydrogen (secondary N) is 1. The van der Waals surface area contributed by atoms with Crippen LogP contribution >= 0.6 is 11.3 Å². The molecule has 3 N–H and O–H groups in total. The van der Waals surface area contributed by atoms with Crippen LogP contribution in [-0.2, 0) is 16.6 Å². The van der Waals surface area contributed by atoms with E-state index in [0.29, 0.717) is 4.88 Å². The van der Waals surface area contributed by atoms with Gasteiger partial charge in [-0.25, -0.2) is 12.8 Å². The lowest BCUT2D eigenvalue weighted by molar-refractivity contribution is 0.600. The van der Waals surface area contributed by atoms with Gasteiger partial charge in [-0.1, -0.05) is 6.07 Å². The number of hydrogen-bond donors (Lipinski definition) is 2. The van der Waals surface area contributed by atoms with Crippen LogP contribution in [0.2, 0.25) is 0 Å². The van der Waals surface area contributed by atoms with Gasteiger partial charge in [0.1, 0.15) is 10.7 Å². The molecule has 1 heterocycles. The van der Waals surface area contributed by atoms with E-state index in [-0.39, 0.29) is 22.7 Å². The van der Waals surface area contributed by atoms with E-state index in [1.807, 2.05) is 0 Å². The monoisotopic (exact) mass is 300 g/mol. The van der Waals surface area contributed by atoms with Crippen LogP contribution in [0.15, 0.2) is 34.5 Å². The Morgan fingerprint density at radius 3 is 2.79 bits per heavy atom. The maximum atomic E-state index is 13.4. The lowest BCUT2D eigenvalue weighted by atomic mass is 10.2. The Labute approximate surface area is 115 Å². The number of rotatable bonds is 4. The van der Waals surface area contributed by atoms with Crippen molar-refractivity contribution in [3.8, 4) is 0 Å². The summed E-state index contributed by atoms with van der Waals surface area (Å²) in [5.41, 5.74) is 5.99. The number of nitrogens with two attached hydrogens (primary N) is 1. The molecule has 0 aliphatic rings. The molecule has 0 saturated heterocycles. The zero-order valence-electron chi connectivity index (χ0n) is 10.2. The Kier molecular flexibility index (Phi) is 3.88. The van der Waals surface area contributed by atoms with Gasteiger partial charge in [0.25, 0.3) is 10.0 Å². The van der Waals surface area contributed by atoms with E-state index in [0.717, 1.165) is 0 Å². The number of halogens is 1. The molecule has 1 aromatic carbocycles. The van der Waals surface area contributed by atoms with Gasteiger partial charge in [-0.15, -0.1) is 11.3 Å². The molecule has 7 heteroatoms. The van der Waals surface area contributed by atoms with Gasteiger partial charge in [0, 0.05) is 17.0 Å². The minimum Gasteiger partial charge on any atom is -0.326 e. The van der Waals surface area contributed by atoms with Crippen molar-refractivity contribution in [2.75, 3.05) is 4.72 Å². The van der Waals surface area contributed by atoms with E-state index in [4.69, 9.17) is 5.73 Å². The second-order valence-corrected chi connectivity index (χ2v) is 6.58. The number of benzene rings is 1. The first-order valence-electron chi connectivity index (χ1n) is 5.50. The average Bonchev–Trinajstić information content (AvgIpc) is 2.84. The van der Waals surface area contributed by atoms with Crippen molar-refractivity contribution < 1.29 is 12.8 Å². The highest BCUT2D eigenvalue weighted by molar-refractivity contribution is 7.93. The van der Waals surface area contributed by atoms with Crippen molar-refractivity contribution >= 4 is 27.0 Å². The molecule has 0 spiro atoms. The maximum Gasteiger partial charge on any atom is 0.263 e. The van der Waals surface area contributed by atoms with E-state index in [9.17, 15) is 12.8 Å². The smallest absolute Gasteiger partial charge is 0.263 e. The first-order valence-corrected chi connectivity index (χ1v) is 7.86. The van der Waals surface area contributed by atoms with Crippen molar-refractivity contribution in [2.24, 2.45) is 5.73 Å². The highest BCUT2D eigenvalue weighted by Gasteiger charge is 2.20. The Morgan fingerprint density at radius 2 is 2.11 bits per heavy atom. The first-order chi connectivity index (χ1) is 8.95. The number of anilines is 1. The summed E-state index contributed by atoms with van der Waals surface area (Å²) in [7, 11) is -3.74. The highest BCUT2D eigenvalue weighted by Crippen LogP contribution is 2.26. The van der Waals surface area contributed by atoms with E-state index in [2.05, 4.69) is 4.72 Å². The fourth-order valence-electron chi connectivity index (χ4n) is 1.63. The van der Waals surface area contributed by atoms with Gasteiger partial charge < -0.3 is 5.73 Å². The van der Waals surface area contributed by atoms with Crippen LogP contribution < -0.4 is 10.5 Å². The second-order valence-electron chi connectivity index (χ2n) is 3.93. The molecular weight excluding hydrogens is 287 g/mol. The van der Waals surface area contributed by atoms with Crippen LogP contribution in [0.1, 0.15) is 10.4 Å². The summed E-state index contributed by atoms with van der Waals surface area (Å²) in [6.45, 7) is 1.67. The van der Waals surface area contributed by atoms with Gasteiger partial charge in [-0.2, -0.15) is 0 Å². The minimum absolute atomic E-state index is 0.142. The number of sulfonamides is 1. The molecule has 1 aromatic heterocycles. The van der Waals surface area contributed by atoms with E-state index >= 15 is 0 Å². The summed E-state index contributed by atoms with van der Waals surface area (Å²) >= 11 is 1.28. The molecule has 0 unspecified atom stereocenters. The van der Waals surface area contributed by atoms with Crippen LogP contribution in [-0.4, -0.2) is 8.42 Å². The normalized spacial score (nSPS) is 11.5. The SMILES string of the molecule is Cc1c(F)cccc1NS(=O)(=O)c1ccsc1CN. The summed E-state index contributed by atoms with van der Waals surface area (Å²) in [5, 5.41) is 1.66. The third-order valence-corrected chi connectivity index (χ3v) is 5.21. The van der Waals surface area contributed by atoms with E-state index in [1.54, 1.807) is 5.38 Å². The van der Waals surface area contributed by atoms with E-state index < -0.39 is 15.8 Å². The lowest BCUT2D eigenvalue weighted by Crippen LogP contribution is -2.15. The molecule has 2 aromatic rings. The van der Waals surface area contributed by atoms with Gasteiger partial charge in [-0.05, 0) is 30.5 Å². The third-order valence-electron chi connectivity index (χ3n) is 2.69. The molecule has 0 fully saturated rings. The predicted molar refractivity (Wildman–Crippen MR) is 74.2 cm³/mol. The zero-order chi connectivity index (χ0) is 14.0. The van der Waals surface area contributed by atoms with Gasteiger partial charge in [-0.3, -0.25) is 4.72 Å². The van der Waals surface area contributed by atoms with Crippen molar-refractivity contribution in [1.29, 1.82) is 0 Å². The van der Waals surface area contributed by atoms with Crippen LogP contribution in [0.25, 0.3) is 0 Å². The summed E-state index contributed by atoms with van der Waals surface area (Å²) in [5.74, 6) is -0.454. The Hall–Kier alpha value is -1.44. The molecule has 0 atom stereocenters. The summed E-state index contributed by atoms with van der Waals surface area (Å²) in [6, 6.07) is 5.74. The number of hydrogen-bond acceptors (Lipinski definition) is 4. The fraction of sp³-hybridized carbons (Fsp3) is 0.167. The Morgan fingerprint density at radius 1 is 1.37 bits per heavy atom. The topological polar surface area (TPSA) is 72.2 Å². The molecule has 0 amide bonds. The zero-order valence-corrected chi connectivity index (χ0v) is 11.8. The molecule has 0 saturated carbocycles. The third kappa shape index (κ3) is 2.78. The molecule has 0 bridgehead atoms. The molecule has 0 aliphatic carbocycles. The molecule has 19 heavy (non-hydrogen) atoms. The van der Waals surface area contributed by atoms with Crippen molar-refractivity contribution in [1.82, 2.24) is 0 Å². The Balaban J connectivity index is 2.40. The molecule has 2 rings (SSSR count). The summed E-state index contributed by atoms with van der Waals surface area (Å²) in [4.78, 5) is 0.713. The molecule has 102 valence electrons. The predicted octanol–water partition coefficient (Wildman–Crippen LogP) is 2.46. The molecule has 0 radical (unpaired) electrons. The van der Waals surface area contributed by atoms with Gasteiger partial charge in [0.15, 0.2) is 0 Å². The maximum absolute atomic E-state index is 13.4. The lowest BCUT2D eigenvalue weighted by Gasteiger charge is -2.11. The second kappa shape index (κ2) is 5.28. The summed E-state index contributed by atoms with van der Waals surface area (Å²) < 4.78 is 40.2. The first kappa shape index (κ1) is 14.0.